The molecule has 5 rings (SSSR count). The van der Waals surface area contributed by atoms with Crippen LogP contribution in [-0.2, 0) is 11.2 Å². The van der Waals surface area contributed by atoms with Crippen LogP contribution in [0.4, 0.5) is 4.79 Å². The topological polar surface area (TPSA) is 83.7 Å². The molecule has 3 amide bonds. The molecular formula is C21H19N3O4. The van der Waals surface area contributed by atoms with E-state index in [-0.39, 0.29) is 12.5 Å². The summed E-state index contributed by atoms with van der Waals surface area (Å²) in [6.07, 6.45) is 1.94. The van der Waals surface area contributed by atoms with E-state index in [0.29, 0.717) is 24.5 Å². The minimum absolute atomic E-state index is 0.156. The number of carbonyl (C=O) groups is 2. The lowest BCUT2D eigenvalue weighted by Gasteiger charge is -2.28. The van der Waals surface area contributed by atoms with Crippen LogP contribution in [0.5, 0.6) is 11.5 Å². The lowest BCUT2D eigenvalue weighted by atomic mass is 10.1. The van der Waals surface area contributed by atoms with Crippen LogP contribution in [0, 0.1) is 0 Å². The predicted octanol–water partition coefficient (Wildman–Crippen LogP) is 2.47. The van der Waals surface area contributed by atoms with Gasteiger partial charge in [0.1, 0.15) is 12.6 Å². The fourth-order valence-corrected chi connectivity index (χ4v) is 3.77. The Hall–Kier alpha value is -3.48. The summed E-state index contributed by atoms with van der Waals surface area (Å²) in [6, 6.07) is 14.3. The van der Waals surface area contributed by atoms with Crippen LogP contribution in [-0.4, -0.2) is 47.1 Å². The minimum atomic E-state index is -0.580. The molecule has 2 atom stereocenters. The molecule has 0 spiro atoms. The van der Waals surface area contributed by atoms with Crippen molar-refractivity contribution in [3.8, 4) is 11.5 Å². The lowest BCUT2D eigenvalue weighted by Crippen LogP contribution is -2.44. The molecule has 0 aliphatic carbocycles. The number of fused-ring (bicyclic) bond motifs is 2. The van der Waals surface area contributed by atoms with Crippen LogP contribution in [0.15, 0.2) is 54.7 Å². The number of benzene rings is 2. The summed E-state index contributed by atoms with van der Waals surface area (Å²) in [5.41, 5.74) is 2.01. The molecular weight excluding hydrogens is 358 g/mol. The number of ether oxygens (including phenoxy) is 2. The summed E-state index contributed by atoms with van der Waals surface area (Å²) in [7, 11) is 0. The Bertz CT molecular complexity index is 1060. The van der Waals surface area contributed by atoms with E-state index < -0.39 is 18.2 Å². The first-order chi connectivity index (χ1) is 13.7. The quantitative estimate of drug-likeness (QED) is 0.684. The highest BCUT2D eigenvalue weighted by molar-refractivity contribution is 6.04. The van der Waals surface area contributed by atoms with Crippen LogP contribution in [0.1, 0.15) is 5.56 Å². The van der Waals surface area contributed by atoms with E-state index in [1.165, 1.54) is 4.90 Å². The SMILES string of the molecule is O=C1N[C@H](Cc2c[nH]c3ccccc23)C(=O)N1C[C@H]1COc2ccccc2O1. The number of rotatable bonds is 4. The van der Waals surface area contributed by atoms with Gasteiger partial charge in [-0.3, -0.25) is 9.69 Å². The Balaban J connectivity index is 1.28. The second-order valence-electron chi connectivity index (χ2n) is 7.01. The summed E-state index contributed by atoms with van der Waals surface area (Å²) < 4.78 is 11.6. The number of nitrogens with one attached hydrogen (secondary N) is 2. The smallest absolute Gasteiger partial charge is 0.324 e. The third kappa shape index (κ3) is 2.85. The number of imide groups is 1. The van der Waals surface area contributed by atoms with Crippen molar-refractivity contribution in [3.63, 3.8) is 0 Å². The number of H-pyrrole nitrogens is 1. The van der Waals surface area contributed by atoms with Gasteiger partial charge in [-0.1, -0.05) is 30.3 Å². The van der Waals surface area contributed by atoms with E-state index >= 15 is 0 Å². The van der Waals surface area contributed by atoms with Crippen molar-refractivity contribution < 1.29 is 19.1 Å². The maximum absolute atomic E-state index is 12.8. The van der Waals surface area contributed by atoms with Crippen LogP contribution in [0.3, 0.4) is 0 Å². The van der Waals surface area contributed by atoms with Crippen molar-refractivity contribution in [1.82, 2.24) is 15.2 Å². The molecule has 2 N–H and O–H groups in total. The summed E-state index contributed by atoms with van der Waals surface area (Å²) >= 11 is 0. The molecule has 2 aliphatic heterocycles. The van der Waals surface area contributed by atoms with Crippen molar-refractivity contribution >= 4 is 22.8 Å². The monoisotopic (exact) mass is 377 g/mol. The van der Waals surface area contributed by atoms with Crippen molar-refractivity contribution in [2.45, 2.75) is 18.6 Å². The van der Waals surface area contributed by atoms with Crippen LogP contribution < -0.4 is 14.8 Å². The molecule has 0 radical (unpaired) electrons. The molecule has 7 nitrogen and oxygen atoms in total. The highest BCUT2D eigenvalue weighted by atomic mass is 16.6. The second-order valence-corrected chi connectivity index (χ2v) is 7.01. The number of hydrogen-bond donors (Lipinski definition) is 2. The Morgan fingerprint density at radius 1 is 1.04 bits per heavy atom. The summed E-state index contributed by atoms with van der Waals surface area (Å²) in [5, 5.41) is 3.85. The molecule has 2 aliphatic rings. The highest BCUT2D eigenvalue weighted by Crippen LogP contribution is 2.31. The zero-order valence-electron chi connectivity index (χ0n) is 15.1. The standard InChI is InChI=1S/C21H19N3O4/c25-20-17(9-13-10-22-16-6-2-1-5-15(13)16)23-21(26)24(20)11-14-12-27-18-7-3-4-8-19(18)28-14/h1-8,10,14,17,22H,9,11-12H2,(H,23,26)/t14-,17+/m0/s1. The van der Waals surface area contributed by atoms with Gasteiger partial charge in [0.25, 0.3) is 5.91 Å². The minimum Gasteiger partial charge on any atom is -0.486 e. The first-order valence-corrected chi connectivity index (χ1v) is 9.24. The van der Waals surface area contributed by atoms with Crippen molar-refractivity contribution in [3.05, 3.63) is 60.3 Å². The van der Waals surface area contributed by atoms with Crippen molar-refractivity contribution in [2.75, 3.05) is 13.2 Å². The Kier molecular flexibility index (Phi) is 3.93. The zero-order valence-corrected chi connectivity index (χ0v) is 15.1. The molecule has 1 saturated heterocycles. The number of hydrogen-bond acceptors (Lipinski definition) is 4. The van der Waals surface area contributed by atoms with Gasteiger partial charge in [-0.2, -0.15) is 0 Å². The van der Waals surface area contributed by atoms with Crippen LogP contribution in [0.2, 0.25) is 0 Å². The first kappa shape index (κ1) is 16.7. The van der Waals surface area contributed by atoms with Crippen molar-refractivity contribution in [2.24, 2.45) is 0 Å². The van der Waals surface area contributed by atoms with Gasteiger partial charge in [0.05, 0.1) is 6.54 Å². The molecule has 28 heavy (non-hydrogen) atoms. The molecule has 0 unspecified atom stereocenters. The van der Waals surface area contributed by atoms with Gasteiger partial charge in [0.15, 0.2) is 17.6 Å². The second kappa shape index (κ2) is 6.60. The third-order valence-corrected chi connectivity index (χ3v) is 5.16. The Morgan fingerprint density at radius 3 is 2.71 bits per heavy atom. The van der Waals surface area contributed by atoms with E-state index in [4.69, 9.17) is 9.47 Å². The summed E-state index contributed by atoms with van der Waals surface area (Å²) in [6.45, 7) is 0.449. The fraction of sp³-hybridized carbons (Fsp3) is 0.238. The normalized spacial score (nSPS) is 21.2. The number of urea groups is 1. The Labute approximate surface area is 161 Å². The molecule has 2 aromatic carbocycles. The van der Waals surface area contributed by atoms with Gasteiger partial charge in [-0.15, -0.1) is 0 Å². The van der Waals surface area contributed by atoms with Gasteiger partial charge >= 0.3 is 6.03 Å². The molecule has 142 valence electrons. The summed E-state index contributed by atoms with van der Waals surface area (Å²) in [4.78, 5) is 29.7. The van der Waals surface area contributed by atoms with Crippen molar-refractivity contribution in [1.29, 1.82) is 0 Å². The van der Waals surface area contributed by atoms with E-state index in [2.05, 4.69) is 10.3 Å². The Morgan fingerprint density at radius 2 is 1.82 bits per heavy atom. The molecule has 7 heteroatoms. The molecule has 1 aromatic heterocycles. The molecule has 3 aromatic rings. The maximum Gasteiger partial charge on any atom is 0.324 e. The van der Waals surface area contributed by atoms with Gasteiger partial charge in [-0.25, -0.2) is 4.79 Å². The average molecular weight is 377 g/mol. The number of aromatic nitrogens is 1. The van der Waals surface area contributed by atoms with E-state index in [9.17, 15) is 9.59 Å². The van der Waals surface area contributed by atoms with Gasteiger partial charge < -0.3 is 19.8 Å². The number of aromatic amines is 1. The number of para-hydroxylation sites is 3. The van der Waals surface area contributed by atoms with Gasteiger partial charge in [0, 0.05) is 23.5 Å². The maximum atomic E-state index is 12.8. The fourth-order valence-electron chi connectivity index (χ4n) is 3.77. The average Bonchev–Trinajstić information content (AvgIpc) is 3.24. The summed E-state index contributed by atoms with van der Waals surface area (Å²) in [5.74, 6) is 1.06. The van der Waals surface area contributed by atoms with Gasteiger partial charge in [0.2, 0.25) is 0 Å². The first-order valence-electron chi connectivity index (χ1n) is 9.24. The van der Waals surface area contributed by atoms with Crippen LogP contribution >= 0.6 is 0 Å². The lowest BCUT2D eigenvalue weighted by molar-refractivity contribution is -0.128. The predicted molar refractivity (Wildman–Crippen MR) is 102 cm³/mol. The highest BCUT2D eigenvalue weighted by Gasteiger charge is 2.40. The number of nitrogens with zero attached hydrogens (tertiary/aromatic N) is 1. The third-order valence-electron chi connectivity index (χ3n) is 5.16. The molecule has 3 heterocycles. The molecule has 1 fully saturated rings. The molecule has 0 bridgehead atoms. The zero-order chi connectivity index (χ0) is 19.1. The van der Waals surface area contributed by atoms with E-state index in [1.807, 2.05) is 54.7 Å². The van der Waals surface area contributed by atoms with E-state index in [1.54, 1.807) is 0 Å². The van der Waals surface area contributed by atoms with E-state index in [0.717, 1.165) is 16.5 Å². The van der Waals surface area contributed by atoms with Gasteiger partial charge in [-0.05, 0) is 23.8 Å². The number of carbonyl (C=O) groups excluding carboxylic acids is 2. The number of amides is 3. The largest absolute Gasteiger partial charge is 0.486 e. The van der Waals surface area contributed by atoms with Crippen LogP contribution in [0.25, 0.3) is 10.9 Å². The molecule has 0 saturated carbocycles.